The number of benzene rings is 1. The van der Waals surface area contributed by atoms with E-state index in [1.54, 1.807) is 25.4 Å². The monoisotopic (exact) mass is 437 g/mol. The summed E-state index contributed by atoms with van der Waals surface area (Å²) in [5, 5.41) is 4.03. The molecule has 0 saturated carbocycles. The van der Waals surface area contributed by atoms with Crippen LogP contribution in [0.25, 0.3) is 11.4 Å². The number of pyridine rings is 1. The van der Waals surface area contributed by atoms with Gasteiger partial charge >= 0.3 is 0 Å². The van der Waals surface area contributed by atoms with Crippen molar-refractivity contribution in [2.24, 2.45) is 0 Å². The molecule has 3 aromatic rings. The van der Waals surface area contributed by atoms with E-state index in [1.165, 1.54) is 0 Å². The van der Waals surface area contributed by atoms with Gasteiger partial charge in [0.2, 0.25) is 11.7 Å². The molecule has 9 nitrogen and oxygen atoms in total. The molecule has 1 saturated heterocycles. The predicted molar refractivity (Wildman–Crippen MR) is 119 cm³/mol. The molecule has 0 spiro atoms. The van der Waals surface area contributed by atoms with Crippen molar-refractivity contribution < 1.29 is 18.8 Å². The molecule has 0 radical (unpaired) electrons. The van der Waals surface area contributed by atoms with Crippen molar-refractivity contribution in [3.8, 4) is 22.9 Å². The lowest BCUT2D eigenvalue weighted by molar-refractivity contribution is -0.133. The molecule has 4 rings (SSSR count). The van der Waals surface area contributed by atoms with Gasteiger partial charge in [-0.05, 0) is 24.3 Å². The van der Waals surface area contributed by atoms with Crippen LogP contribution in [0.15, 0.2) is 47.1 Å². The molecule has 0 aliphatic carbocycles. The first-order valence-corrected chi connectivity index (χ1v) is 10.6. The summed E-state index contributed by atoms with van der Waals surface area (Å²) < 4.78 is 16.1. The highest BCUT2D eigenvalue weighted by atomic mass is 16.5. The first-order chi connectivity index (χ1) is 15.5. The van der Waals surface area contributed by atoms with Crippen LogP contribution in [0, 0.1) is 0 Å². The summed E-state index contributed by atoms with van der Waals surface area (Å²) in [5.41, 5.74) is 0.813. The van der Waals surface area contributed by atoms with E-state index >= 15 is 0 Å². The lowest BCUT2D eigenvalue weighted by atomic mass is 10.2. The van der Waals surface area contributed by atoms with Gasteiger partial charge in [-0.1, -0.05) is 25.1 Å². The number of amides is 1. The summed E-state index contributed by atoms with van der Waals surface area (Å²) in [7, 11) is 1.60. The summed E-state index contributed by atoms with van der Waals surface area (Å²) in [6, 6.07) is 11.1. The largest absolute Gasteiger partial charge is 0.497 e. The number of nitrogens with zero attached hydrogens (tertiary/aromatic N) is 5. The molecule has 0 atom stereocenters. The van der Waals surface area contributed by atoms with Gasteiger partial charge in [0.1, 0.15) is 17.3 Å². The zero-order valence-corrected chi connectivity index (χ0v) is 18.5. The molecule has 168 valence electrons. The van der Waals surface area contributed by atoms with E-state index < -0.39 is 0 Å². The first-order valence-electron chi connectivity index (χ1n) is 10.6. The summed E-state index contributed by atoms with van der Waals surface area (Å²) in [5.74, 6) is 3.47. The van der Waals surface area contributed by atoms with Crippen molar-refractivity contribution >= 4 is 11.7 Å². The van der Waals surface area contributed by atoms with Crippen LogP contribution in [0.5, 0.6) is 11.5 Å². The number of methoxy groups -OCH3 is 1. The Balaban J connectivity index is 1.28. The molecule has 9 heteroatoms. The van der Waals surface area contributed by atoms with Crippen LogP contribution in [0.1, 0.15) is 25.7 Å². The van der Waals surface area contributed by atoms with E-state index in [-0.39, 0.29) is 18.4 Å². The molecular formula is C23H27N5O4. The van der Waals surface area contributed by atoms with Crippen molar-refractivity contribution in [1.29, 1.82) is 0 Å². The Morgan fingerprint density at radius 2 is 1.91 bits per heavy atom. The van der Waals surface area contributed by atoms with Crippen LogP contribution in [-0.2, 0) is 4.79 Å². The molecule has 0 unspecified atom stereocenters. The standard InChI is InChI=1S/C23H27N5O4/c1-16(2)23-25-22(26-32-23)17-7-8-20(24-14-17)27-9-11-28(12-10-27)21(29)15-31-19-6-4-5-18(13-19)30-3/h4-8,13-14,16H,9-12,15H2,1-3H3. The highest BCUT2D eigenvalue weighted by molar-refractivity contribution is 5.78. The van der Waals surface area contributed by atoms with Crippen molar-refractivity contribution in [2.75, 3.05) is 44.8 Å². The van der Waals surface area contributed by atoms with E-state index in [1.807, 2.05) is 43.0 Å². The second-order valence-corrected chi connectivity index (χ2v) is 7.85. The van der Waals surface area contributed by atoms with E-state index in [0.29, 0.717) is 49.4 Å². The maximum absolute atomic E-state index is 12.5. The summed E-state index contributed by atoms with van der Waals surface area (Å²) in [6.45, 7) is 6.66. The summed E-state index contributed by atoms with van der Waals surface area (Å²) in [6.07, 6.45) is 1.75. The van der Waals surface area contributed by atoms with Crippen molar-refractivity contribution in [2.45, 2.75) is 19.8 Å². The Bertz CT molecular complexity index is 1040. The number of carbonyl (C=O) groups excluding carboxylic acids is 1. The Morgan fingerprint density at radius 3 is 2.56 bits per heavy atom. The zero-order chi connectivity index (χ0) is 22.5. The third kappa shape index (κ3) is 4.99. The Labute approximate surface area is 187 Å². The lowest BCUT2D eigenvalue weighted by Gasteiger charge is -2.35. The maximum atomic E-state index is 12.5. The first kappa shape index (κ1) is 21.6. The number of rotatable bonds is 7. The normalized spacial score (nSPS) is 14.0. The van der Waals surface area contributed by atoms with Gasteiger partial charge in [-0.15, -0.1) is 0 Å². The number of anilines is 1. The molecule has 3 heterocycles. The molecular weight excluding hydrogens is 410 g/mol. The second-order valence-electron chi connectivity index (χ2n) is 7.85. The van der Waals surface area contributed by atoms with Crippen molar-refractivity contribution in [3.63, 3.8) is 0 Å². The molecule has 1 aliphatic rings. The molecule has 32 heavy (non-hydrogen) atoms. The predicted octanol–water partition coefficient (Wildman–Crippen LogP) is 2.99. The van der Waals surface area contributed by atoms with Gasteiger partial charge in [-0.25, -0.2) is 4.98 Å². The molecule has 0 N–H and O–H groups in total. The van der Waals surface area contributed by atoms with Gasteiger partial charge in [0.05, 0.1) is 7.11 Å². The third-order valence-electron chi connectivity index (χ3n) is 5.30. The minimum absolute atomic E-state index is 0.00315. The highest BCUT2D eigenvalue weighted by Crippen LogP contribution is 2.22. The number of aromatic nitrogens is 3. The number of hydrogen-bond donors (Lipinski definition) is 0. The number of piperazine rings is 1. The van der Waals surface area contributed by atoms with E-state index in [2.05, 4.69) is 20.0 Å². The molecule has 1 aliphatic heterocycles. The summed E-state index contributed by atoms with van der Waals surface area (Å²) >= 11 is 0. The Hall–Kier alpha value is -3.62. The van der Waals surface area contributed by atoms with Crippen LogP contribution in [0.4, 0.5) is 5.82 Å². The van der Waals surface area contributed by atoms with Crippen LogP contribution in [-0.4, -0.2) is 65.8 Å². The van der Waals surface area contributed by atoms with E-state index in [4.69, 9.17) is 14.0 Å². The molecule has 2 aromatic heterocycles. The average Bonchev–Trinajstić information content (AvgIpc) is 3.34. The highest BCUT2D eigenvalue weighted by Gasteiger charge is 2.22. The molecule has 1 amide bonds. The van der Waals surface area contributed by atoms with Gasteiger partial charge in [0, 0.05) is 49.9 Å². The minimum Gasteiger partial charge on any atom is -0.497 e. The average molecular weight is 438 g/mol. The van der Waals surface area contributed by atoms with Crippen molar-refractivity contribution in [1.82, 2.24) is 20.0 Å². The van der Waals surface area contributed by atoms with E-state index in [9.17, 15) is 4.79 Å². The van der Waals surface area contributed by atoms with Crippen LogP contribution >= 0.6 is 0 Å². The van der Waals surface area contributed by atoms with Crippen LogP contribution < -0.4 is 14.4 Å². The Morgan fingerprint density at radius 1 is 1.12 bits per heavy atom. The fourth-order valence-corrected chi connectivity index (χ4v) is 3.40. The summed E-state index contributed by atoms with van der Waals surface area (Å²) in [4.78, 5) is 25.5. The molecule has 0 bridgehead atoms. The van der Waals surface area contributed by atoms with Gasteiger partial charge in [-0.2, -0.15) is 4.98 Å². The SMILES string of the molecule is COc1cccc(OCC(=O)N2CCN(c3ccc(-c4noc(C(C)C)n4)cn3)CC2)c1. The second kappa shape index (κ2) is 9.67. The molecule has 1 aromatic carbocycles. The van der Waals surface area contributed by atoms with Crippen LogP contribution in [0.3, 0.4) is 0 Å². The number of hydrogen-bond acceptors (Lipinski definition) is 8. The van der Waals surface area contributed by atoms with Crippen LogP contribution in [0.2, 0.25) is 0 Å². The third-order valence-corrected chi connectivity index (χ3v) is 5.30. The molecule has 1 fully saturated rings. The fourth-order valence-electron chi connectivity index (χ4n) is 3.40. The topological polar surface area (TPSA) is 93.8 Å². The minimum atomic E-state index is -0.0335. The smallest absolute Gasteiger partial charge is 0.260 e. The van der Waals surface area contributed by atoms with Gasteiger partial charge in [-0.3, -0.25) is 4.79 Å². The van der Waals surface area contributed by atoms with Crippen molar-refractivity contribution in [3.05, 3.63) is 48.5 Å². The number of ether oxygens (including phenoxy) is 2. The lowest BCUT2D eigenvalue weighted by Crippen LogP contribution is -2.50. The number of carbonyl (C=O) groups is 1. The maximum Gasteiger partial charge on any atom is 0.260 e. The van der Waals surface area contributed by atoms with Gasteiger partial charge < -0.3 is 23.8 Å². The van der Waals surface area contributed by atoms with Gasteiger partial charge in [0.25, 0.3) is 5.91 Å². The quantitative estimate of drug-likeness (QED) is 0.557. The zero-order valence-electron chi connectivity index (χ0n) is 18.5. The van der Waals surface area contributed by atoms with Gasteiger partial charge in [0.15, 0.2) is 6.61 Å². The van der Waals surface area contributed by atoms with E-state index in [0.717, 1.165) is 11.4 Å². The fraction of sp³-hybridized carbons (Fsp3) is 0.391. The Kier molecular flexibility index (Phi) is 6.53.